The van der Waals surface area contributed by atoms with Crippen molar-refractivity contribution in [2.75, 3.05) is 53.9 Å². The van der Waals surface area contributed by atoms with E-state index in [1.807, 2.05) is 18.2 Å². The first-order valence-electron chi connectivity index (χ1n) is 10.7. The van der Waals surface area contributed by atoms with Crippen molar-refractivity contribution in [3.8, 4) is 0 Å². The maximum absolute atomic E-state index is 12.7. The van der Waals surface area contributed by atoms with Crippen molar-refractivity contribution in [1.29, 1.82) is 0 Å². The van der Waals surface area contributed by atoms with Crippen LogP contribution in [0.15, 0.2) is 57.2 Å². The van der Waals surface area contributed by atoms with Crippen LogP contribution in [0.2, 0.25) is 0 Å². The third-order valence-electron chi connectivity index (χ3n) is 6.29. The van der Waals surface area contributed by atoms with Gasteiger partial charge in [0.2, 0.25) is 10.0 Å². The molecule has 2 heterocycles. The van der Waals surface area contributed by atoms with E-state index in [1.165, 1.54) is 4.31 Å². The van der Waals surface area contributed by atoms with E-state index in [2.05, 4.69) is 29.0 Å². The van der Waals surface area contributed by atoms with E-state index in [-0.39, 0.29) is 10.8 Å². The van der Waals surface area contributed by atoms with Crippen LogP contribution in [0.1, 0.15) is 23.5 Å². The number of fused-ring (bicyclic) bond motifs is 2. The Morgan fingerprint density at radius 1 is 1.06 bits per heavy atom. The molecule has 31 heavy (non-hydrogen) atoms. The van der Waals surface area contributed by atoms with Gasteiger partial charge in [0.15, 0.2) is 0 Å². The summed E-state index contributed by atoms with van der Waals surface area (Å²) in [5.41, 5.74) is 1.97. The summed E-state index contributed by atoms with van der Waals surface area (Å²) in [6.07, 6.45) is 0.0649. The molecular weight excluding hydrogens is 430 g/mol. The van der Waals surface area contributed by atoms with Gasteiger partial charge in [-0.25, -0.2) is 12.7 Å². The summed E-state index contributed by atoms with van der Waals surface area (Å²) < 4.78 is 26.7. The van der Waals surface area contributed by atoms with Gasteiger partial charge in [0.05, 0.1) is 11.0 Å². The molecule has 168 valence electrons. The smallest absolute Gasteiger partial charge is 0.242 e. The Morgan fingerprint density at radius 3 is 2.45 bits per heavy atom. The van der Waals surface area contributed by atoms with Crippen LogP contribution < -0.4 is 0 Å². The summed E-state index contributed by atoms with van der Waals surface area (Å²) >= 11 is 1.64. The predicted octanol–water partition coefficient (Wildman–Crippen LogP) is 2.53. The zero-order valence-electron chi connectivity index (χ0n) is 18.4. The Hall–Kier alpha value is -1.42. The highest BCUT2D eigenvalue weighted by Gasteiger charge is 2.33. The molecular formula is C23H31N3O3S2. The molecule has 0 saturated carbocycles. The number of rotatable bonds is 6. The minimum atomic E-state index is -3.54. The first kappa shape index (κ1) is 22.8. The molecule has 2 unspecified atom stereocenters. The van der Waals surface area contributed by atoms with Gasteiger partial charge < -0.3 is 14.9 Å². The van der Waals surface area contributed by atoms with Gasteiger partial charge in [-0.05, 0) is 48.9 Å². The third-order valence-corrected chi connectivity index (χ3v) is 9.29. The van der Waals surface area contributed by atoms with Crippen LogP contribution in [0, 0.1) is 0 Å². The van der Waals surface area contributed by atoms with E-state index in [0.29, 0.717) is 6.42 Å². The number of hydrogen-bond donors (Lipinski definition) is 1. The monoisotopic (exact) mass is 461 g/mol. The second kappa shape index (κ2) is 9.21. The van der Waals surface area contributed by atoms with Crippen LogP contribution in [0.25, 0.3) is 0 Å². The first-order chi connectivity index (χ1) is 14.8. The number of benzene rings is 2. The van der Waals surface area contributed by atoms with E-state index in [1.54, 1.807) is 38.0 Å². The number of aliphatic hydroxyl groups is 1. The van der Waals surface area contributed by atoms with E-state index in [4.69, 9.17) is 0 Å². The highest BCUT2D eigenvalue weighted by atomic mass is 32.2. The van der Waals surface area contributed by atoms with Crippen LogP contribution in [-0.2, 0) is 10.0 Å². The van der Waals surface area contributed by atoms with Crippen molar-refractivity contribution in [2.45, 2.75) is 33.1 Å². The van der Waals surface area contributed by atoms with Crippen LogP contribution in [0.3, 0.4) is 0 Å². The van der Waals surface area contributed by atoms with E-state index >= 15 is 0 Å². The second-order valence-corrected chi connectivity index (χ2v) is 11.8. The average Bonchev–Trinajstić information content (AvgIpc) is 2.76. The molecule has 1 saturated heterocycles. The summed E-state index contributed by atoms with van der Waals surface area (Å²) in [5.74, 6) is -0.239. The lowest BCUT2D eigenvalue weighted by Crippen LogP contribution is -2.45. The molecule has 1 fully saturated rings. The third kappa shape index (κ3) is 4.69. The molecule has 6 nitrogen and oxygen atoms in total. The van der Waals surface area contributed by atoms with Crippen molar-refractivity contribution < 1.29 is 13.5 Å². The predicted molar refractivity (Wildman–Crippen MR) is 124 cm³/mol. The first-order valence-corrected chi connectivity index (χ1v) is 13.0. The molecule has 2 aliphatic rings. The lowest BCUT2D eigenvalue weighted by molar-refractivity contribution is 0.102. The van der Waals surface area contributed by atoms with E-state index < -0.39 is 16.1 Å². The summed E-state index contributed by atoms with van der Waals surface area (Å²) in [6, 6.07) is 13.4. The van der Waals surface area contributed by atoms with Crippen LogP contribution in [0.5, 0.6) is 0 Å². The average molecular weight is 462 g/mol. The fourth-order valence-corrected chi connectivity index (χ4v) is 6.39. The van der Waals surface area contributed by atoms with Gasteiger partial charge >= 0.3 is 0 Å². The SMILES string of the molecule is CN1CCN(CCC(O)C2c3ccccc3Sc3ccc(S(=O)(=O)N(C)C)cc32)CC1. The zero-order valence-corrected chi connectivity index (χ0v) is 20.0. The van der Waals surface area contributed by atoms with Crippen LogP contribution in [0.4, 0.5) is 0 Å². The zero-order chi connectivity index (χ0) is 22.2. The molecule has 8 heteroatoms. The normalized spacial score (nSPS) is 21.0. The maximum Gasteiger partial charge on any atom is 0.242 e. The number of hydrogen-bond acceptors (Lipinski definition) is 6. The Kier molecular flexibility index (Phi) is 6.76. The standard InChI is InChI=1S/C23H31N3O3S2/c1-24(2)31(28,29)17-8-9-22-19(16-17)23(18-6-4-5-7-21(18)30-22)20(27)10-11-26-14-12-25(3)13-15-26/h4-9,16,20,23,27H,10-15H2,1-3H3. The molecule has 0 spiro atoms. The largest absolute Gasteiger partial charge is 0.392 e. The molecule has 2 atom stereocenters. The van der Waals surface area contributed by atoms with Gasteiger partial charge in [0.25, 0.3) is 0 Å². The molecule has 2 aromatic carbocycles. The van der Waals surface area contributed by atoms with Gasteiger partial charge in [0.1, 0.15) is 0 Å². The molecule has 2 aromatic rings. The number of piperazine rings is 1. The fraction of sp³-hybridized carbons (Fsp3) is 0.478. The molecule has 0 amide bonds. The summed E-state index contributed by atoms with van der Waals surface area (Å²) in [7, 11) is 1.68. The maximum atomic E-state index is 12.7. The fourth-order valence-electron chi connectivity index (χ4n) is 4.32. The quantitative estimate of drug-likeness (QED) is 0.713. The molecule has 0 aliphatic carbocycles. The number of likely N-dealkylation sites (N-methyl/N-ethyl adjacent to an activating group) is 1. The van der Waals surface area contributed by atoms with Crippen molar-refractivity contribution in [2.24, 2.45) is 0 Å². The Balaban J connectivity index is 1.64. The van der Waals surface area contributed by atoms with Crippen molar-refractivity contribution in [3.05, 3.63) is 53.6 Å². The summed E-state index contributed by atoms with van der Waals surface area (Å²) in [5, 5.41) is 11.3. The number of aliphatic hydroxyl groups excluding tert-OH is 1. The highest BCUT2D eigenvalue weighted by Crippen LogP contribution is 2.48. The van der Waals surface area contributed by atoms with Gasteiger partial charge in [-0.15, -0.1) is 0 Å². The van der Waals surface area contributed by atoms with Crippen molar-refractivity contribution in [1.82, 2.24) is 14.1 Å². The Labute approximate surface area is 189 Å². The van der Waals surface area contributed by atoms with Crippen LogP contribution >= 0.6 is 11.8 Å². The summed E-state index contributed by atoms with van der Waals surface area (Å²) in [4.78, 5) is 7.14. The molecule has 0 bridgehead atoms. The van der Waals surface area contributed by atoms with Gasteiger partial charge in [-0.2, -0.15) is 0 Å². The minimum Gasteiger partial charge on any atom is -0.392 e. The molecule has 0 aromatic heterocycles. The Bertz CT molecular complexity index is 1030. The van der Waals surface area contributed by atoms with Crippen molar-refractivity contribution in [3.63, 3.8) is 0 Å². The minimum absolute atomic E-state index is 0.239. The Morgan fingerprint density at radius 2 is 1.74 bits per heavy atom. The van der Waals surface area contributed by atoms with Gasteiger partial charge in [-0.1, -0.05) is 30.0 Å². The van der Waals surface area contributed by atoms with E-state index in [9.17, 15) is 13.5 Å². The number of sulfonamides is 1. The molecule has 4 rings (SSSR count). The summed E-state index contributed by atoms with van der Waals surface area (Å²) in [6.45, 7) is 4.97. The van der Waals surface area contributed by atoms with Gasteiger partial charge in [0, 0.05) is 62.5 Å². The molecule has 2 aliphatic heterocycles. The highest BCUT2D eigenvalue weighted by molar-refractivity contribution is 7.99. The van der Waals surface area contributed by atoms with Gasteiger partial charge in [-0.3, -0.25) is 0 Å². The lowest BCUT2D eigenvalue weighted by Gasteiger charge is -2.35. The van der Waals surface area contributed by atoms with Crippen LogP contribution in [-0.4, -0.2) is 87.6 Å². The topological polar surface area (TPSA) is 64.1 Å². The van der Waals surface area contributed by atoms with E-state index in [0.717, 1.165) is 53.6 Å². The molecule has 1 N–H and O–H groups in total. The second-order valence-electron chi connectivity index (χ2n) is 8.61. The van der Waals surface area contributed by atoms with Crippen molar-refractivity contribution >= 4 is 21.8 Å². The number of nitrogens with zero attached hydrogens (tertiary/aromatic N) is 3. The lowest BCUT2D eigenvalue weighted by atomic mass is 9.84. The molecule has 0 radical (unpaired) electrons.